The lowest BCUT2D eigenvalue weighted by Crippen LogP contribution is -2.26. The van der Waals surface area contributed by atoms with Crippen LogP contribution in [0.3, 0.4) is 0 Å². The first kappa shape index (κ1) is 17.6. The average Bonchev–Trinajstić information content (AvgIpc) is 3.03. The highest BCUT2D eigenvalue weighted by molar-refractivity contribution is 7.09. The number of carboxylic acids is 1. The van der Waals surface area contributed by atoms with Crippen LogP contribution < -0.4 is 5.32 Å². The Hall–Kier alpha value is -2.74. The predicted octanol–water partition coefficient (Wildman–Crippen LogP) is 1.52. The van der Waals surface area contributed by atoms with Crippen LogP contribution in [0.2, 0.25) is 0 Å². The van der Waals surface area contributed by atoms with Crippen LogP contribution >= 0.6 is 11.3 Å². The van der Waals surface area contributed by atoms with Crippen LogP contribution in [0.5, 0.6) is 0 Å². The third-order valence-corrected chi connectivity index (χ3v) is 4.08. The van der Waals surface area contributed by atoms with Crippen LogP contribution in [0.25, 0.3) is 0 Å². The molecular weight excluding hydrogens is 330 g/mol. The first-order valence-corrected chi connectivity index (χ1v) is 8.04. The molecule has 2 amide bonds. The highest BCUT2D eigenvalue weighted by atomic mass is 32.1. The number of benzene rings is 1. The Kier molecular flexibility index (Phi) is 5.64. The van der Waals surface area contributed by atoms with E-state index < -0.39 is 5.97 Å². The van der Waals surface area contributed by atoms with Gasteiger partial charge in [0.15, 0.2) is 5.69 Å². The zero-order valence-electron chi connectivity index (χ0n) is 13.3. The molecule has 1 aromatic heterocycles. The van der Waals surface area contributed by atoms with Crippen LogP contribution in [0.4, 0.5) is 0 Å². The molecule has 0 atom stereocenters. The zero-order valence-corrected chi connectivity index (χ0v) is 14.1. The average molecular weight is 347 g/mol. The summed E-state index contributed by atoms with van der Waals surface area (Å²) < 4.78 is 0. The SMILES string of the molecule is CN(C)C(=O)c1cccc(C(=O)NCCc2nc(C(=O)O)cs2)c1. The van der Waals surface area contributed by atoms with Crippen molar-refractivity contribution < 1.29 is 19.5 Å². The second-order valence-corrected chi connectivity index (χ2v) is 6.16. The maximum atomic E-state index is 12.1. The molecule has 0 aliphatic heterocycles. The minimum absolute atomic E-state index is 0.0104. The molecule has 1 aromatic carbocycles. The Labute approximate surface area is 142 Å². The number of aromatic carboxylic acids is 1. The van der Waals surface area contributed by atoms with E-state index in [9.17, 15) is 14.4 Å². The van der Waals surface area contributed by atoms with E-state index in [1.165, 1.54) is 21.6 Å². The lowest BCUT2D eigenvalue weighted by atomic mass is 10.1. The smallest absolute Gasteiger partial charge is 0.355 e. The standard InChI is InChI=1S/C16H17N3O4S/c1-19(2)15(21)11-5-3-4-10(8-11)14(20)17-7-6-13-18-12(9-24-13)16(22)23/h3-5,8-9H,6-7H2,1-2H3,(H,17,20)(H,22,23). The third-order valence-electron chi connectivity index (χ3n) is 3.17. The molecule has 0 aliphatic rings. The van der Waals surface area contributed by atoms with E-state index >= 15 is 0 Å². The molecular formula is C16H17N3O4S. The molecule has 0 saturated heterocycles. The quantitative estimate of drug-likeness (QED) is 0.825. The minimum Gasteiger partial charge on any atom is -0.476 e. The molecule has 24 heavy (non-hydrogen) atoms. The van der Waals surface area contributed by atoms with Gasteiger partial charge in [-0.05, 0) is 18.2 Å². The van der Waals surface area contributed by atoms with Gasteiger partial charge in [0.05, 0.1) is 5.01 Å². The summed E-state index contributed by atoms with van der Waals surface area (Å²) in [6, 6.07) is 6.49. The van der Waals surface area contributed by atoms with E-state index in [0.29, 0.717) is 29.1 Å². The molecule has 0 fully saturated rings. The van der Waals surface area contributed by atoms with Gasteiger partial charge in [-0.1, -0.05) is 6.07 Å². The van der Waals surface area contributed by atoms with Gasteiger partial charge in [-0.2, -0.15) is 0 Å². The normalized spacial score (nSPS) is 10.2. The van der Waals surface area contributed by atoms with Crippen LogP contribution in [0.1, 0.15) is 36.2 Å². The number of aromatic nitrogens is 1. The highest BCUT2D eigenvalue weighted by Crippen LogP contribution is 2.10. The van der Waals surface area contributed by atoms with Crippen molar-refractivity contribution in [3.8, 4) is 0 Å². The molecule has 0 saturated carbocycles. The first-order chi connectivity index (χ1) is 11.4. The second kappa shape index (κ2) is 7.69. The minimum atomic E-state index is -1.07. The van der Waals surface area contributed by atoms with Gasteiger partial charge in [0.1, 0.15) is 0 Å². The summed E-state index contributed by atoms with van der Waals surface area (Å²) in [5.41, 5.74) is 0.850. The van der Waals surface area contributed by atoms with E-state index in [4.69, 9.17) is 5.11 Å². The van der Waals surface area contributed by atoms with Gasteiger partial charge in [-0.3, -0.25) is 9.59 Å². The van der Waals surface area contributed by atoms with Crippen LogP contribution in [-0.4, -0.2) is 53.4 Å². The van der Waals surface area contributed by atoms with Gasteiger partial charge in [0, 0.05) is 43.6 Å². The largest absolute Gasteiger partial charge is 0.476 e. The number of hydrogen-bond acceptors (Lipinski definition) is 5. The maximum Gasteiger partial charge on any atom is 0.355 e. The molecule has 0 bridgehead atoms. The Morgan fingerprint density at radius 1 is 1.25 bits per heavy atom. The zero-order chi connectivity index (χ0) is 17.7. The summed E-state index contributed by atoms with van der Waals surface area (Å²) in [7, 11) is 3.29. The van der Waals surface area contributed by atoms with E-state index in [1.807, 2.05) is 0 Å². The fourth-order valence-corrected chi connectivity index (χ4v) is 2.73. The van der Waals surface area contributed by atoms with Crippen LogP contribution in [0.15, 0.2) is 29.6 Å². The molecule has 2 aromatic rings. The number of rotatable bonds is 6. The molecule has 126 valence electrons. The Morgan fingerprint density at radius 3 is 2.58 bits per heavy atom. The fraction of sp³-hybridized carbons (Fsp3) is 0.250. The van der Waals surface area contributed by atoms with Crippen molar-refractivity contribution in [2.75, 3.05) is 20.6 Å². The van der Waals surface area contributed by atoms with Crippen molar-refractivity contribution in [1.29, 1.82) is 0 Å². The van der Waals surface area contributed by atoms with Crippen molar-refractivity contribution in [3.63, 3.8) is 0 Å². The number of nitrogens with zero attached hydrogens (tertiary/aromatic N) is 2. The van der Waals surface area contributed by atoms with E-state index in [0.717, 1.165) is 0 Å². The number of carbonyl (C=O) groups excluding carboxylic acids is 2. The molecule has 2 N–H and O–H groups in total. The number of carbonyl (C=O) groups is 3. The fourth-order valence-electron chi connectivity index (χ4n) is 1.96. The maximum absolute atomic E-state index is 12.1. The van der Waals surface area contributed by atoms with Crippen molar-refractivity contribution in [3.05, 3.63) is 51.5 Å². The molecule has 0 spiro atoms. The van der Waals surface area contributed by atoms with Crippen LogP contribution in [0, 0.1) is 0 Å². The van der Waals surface area contributed by atoms with Gasteiger partial charge in [0.25, 0.3) is 11.8 Å². The number of hydrogen-bond donors (Lipinski definition) is 2. The van der Waals surface area contributed by atoms with Crippen molar-refractivity contribution in [1.82, 2.24) is 15.2 Å². The second-order valence-electron chi connectivity index (χ2n) is 5.22. The Balaban J connectivity index is 1.93. The lowest BCUT2D eigenvalue weighted by molar-refractivity contribution is 0.0690. The lowest BCUT2D eigenvalue weighted by Gasteiger charge is -2.11. The molecule has 7 nitrogen and oxygen atoms in total. The van der Waals surface area contributed by atoms with Gasteiger partial charge in [0.2, 0.25) is 0 Å². The molecule has 0 unspecified atom stereocenters. The van der Waals surface area contributed by atoms with Crippen molar-refractivity contribution in [2.45, 2.75) is 6.42 Å². The summed E-state index contributed by atoms with van der Waals surface area (Å²) in [5.74, 6) is -1.53. The van der Waals surface area contributed by atoms with Gasteiger partial charge in [-0.25, -0.2) is 9.78 Å². The topological polar surface area (TPSA) is 99.6 Å². The van der Waals surface area contributed by atoms with E-state index in [1.54, 1.807) is 38.4 Å². The number of nitrogens with one attached hydrogen (secondary N) is 1. The number of carboxylic acid groups (broad SMARTS) is 1. The van der Waals surface area contributed by atoms with Gasteiger partial charge < -0.3 is 15.3 Å². The summed E-state index contributed by atoms with van der Waals surface area (Å²) in [4.78, 5) is 40.2. The molecule has 0 aliphatic carbocycles. The monoisotopic (exact) mass is 347 g/mol. The molecule has 8 heteroatoms. The summed E-state index contributed by atoms with van der Waals surface area (Å²) in [5, 5.41) is 13.7. The third kappa shape index (κ3) is 4.39. The summed E-state index contributed by atoms with van der Waals surface area (Å²) >= 11 is 1.24. The van der Waals surface area contributed by atoms with Gasteiger partial charge >= 0.3 is 5.97 Å². The van der Waals surface area contributed by atoms with E-state index in [-0.39, 0.29) is 17.5 Å². The van der Waals surface area contributed by atoms with Crippen molar-refractivity contribution >= 4 is 29.1 Å². The highest BCUT2D eigenvalue weighted by Gasteiger charge is 2.12. The number of amides is 2. The summed E-state index contributed by atoms with van der Waals surface area (Å²) in [6.45, 7) is 0.331. The Morgan fingerprint density at radius 2 is 1.96 bits per heavy atom. The number of thiazole rings is 1. The van der Waals surface area contributed by atoms with Gasteiger partial charge in [-0.15, -0.1) is 11.3 Å². The molecule has 2 rings (SSSR count). The van der Waals surface area contributed by atoms with Crippen molar-refractivity contribution in [2.24, 2.45) is 0 Å². The Bertz CT molecular complexity index is 770. The molecule has 0 radical (unpaired) electrons. The summed E-state index contributed by atoms with van der Waals surface area (Å²) in [6.07, 6.45) is 0.444. The predicted molar refractivity (Wildman–Crippen MR) is 89.6 cm³/mol. The van der Waals surface area contributed by atoms with Crippen LogP contribution in [-0.2, 0) is 6.42 Å². The molecule has 1 heterocycles. The van der Waals surface area contributed by atoms with E-state index in [2.05, 4.69) is 10.3 Å². The first-order valence-electron chi connectivity index (χ1n) is 7.16.